The fourth-order valence-electron chi connectivity index (χ4n) is 1.38. The lowest BCUT2D eigenvalue weighted by atomic mass is 10.1. The number of nitrogens with zero attached hydrogens (tertiary/aromatic N) is 1. The summed E-state index contributed by atoms with van der Waals surface area (Å²) in [6.07, 6.45) is -3.29. The van der Waals surface area contributed by atoms with Gasteiger partial charge < -0.3 is 10.4 Å². The van der Waals surface area contributed by atoms with Crippen LogP contribution in [-0.2, 0) is 6.18 Å². The lowest BCUT2D eigenvalue weighted by molar-refractivity contribution is -0.137. The minimum absolute atomic E-state index is 0.0234. The number of aromatic nitrogens is 1. The number of hydrogen-bond acceptors (Lipinski definition) is 3. The van der Waals surface area contributed by atoms with Crippen molar-refractivity contribution in [1.29, 1.82) is 0 Å². The molecule has 7 heteroatoms. The van der Waals surface area contributed by atoms with Crippen LogP contribution in [0.5, 0.6) is 0 Å². The Labute approximate surface area is 108 Å². The molecule has 1 aromatic heterocycles. The molecule has 0 saturated carbocycles. The Hall–Kier alpha value is -1.63. The van der Waals surface area contributed by atoms with Crippen molar-refractivity contribution < 1.29 is 23.1 Å². The van der Waals surface area contributed by atoms with Crippen LogP contribution in [0.1, 0.15) is 29.4 Å². The monoisotopic (exact) mass is 276 g/mol. The Morgan fingerprint density at radius 2 is 2.16 bits per heavy atom. The number of hydrogen-bond donors (Lipinski definition) is 2. The van der Waals surface area contributed by atoms with Crippen LogP contribution < -0.4 is 5.32 Å². The molecule has 1 aromatic rings. The van der Waals surface area contributed by atoms with Crippen molar-refractivity contribution in [3.63, 3.8) is 0 Å². The number of nitrogens with one attached hydrogen (secondary N) is 1. The number of carbonyl (C=O) groups excluding carboxylic acids is 1. The molecule has 0 saturated heterocycles. The van der Waals surface area contributed by atoms with Gasteiger partial charge >= 0.3 is 6.18 Å². The average molecular weight is 276 g/mol. The van der Waals surface area contributed by atoms with Crippen LogP contribution in [0.15, 0.2) is 18.3 Å². The van der Waals surface area contributed by atoms with Gasteiger partial charge in [-0.25, -0.2) is 0 Å². The van der Waals surface area contributed by atoms with Gasteiger partial charge in [-0.15, -0.1) is 0 Å². The topological polar surface area (TPSA) is 62.2 Å². The second-order valence-electron chi connectivity index (χ2n) is 4.26. The van der Waals surface area contributed by atoms with Crippen LogP contribution in [0.2, 0.25) is 0 Å². The molecule has 4 nitrogen and oxygen atoms in total. The maximum atomic E-state index is 12.3. The summed E-state index contributed by atoms with van der Waals surface area (Å²) in [5.41, 5.74) is -0.957. The van der Waals surface area contributed by atoms with Crippen LogP contribution in [0.4, 0.5) is 13.2 Å². The summed E-state index contributed by atoms with van der Waals surface area (Å²) in [6.45, 7) is 2.20. The molecule has 0 radical (unpaired) electrons. The molecule has 0 aliphatic rings. The summed E-state index contributed by atoms with van der Waals surface area (Å²) in [5, 5.41) is 11.2. The van der Waals surface area contributed by atoms with Gasteiger partial charge in [0.25, 0.3) is 5.91 Å². The SMILES string of the molecule is CC(CCO)CNC(=O)c1ccc(C(F)(F)F)cn1. The first-order valence-electron chi connectivity index (χ1n) is 5.77. The van der Waals surface area contributed by atoms with E-state index in [0.717, 1.165) is 12.1 Å². The fraction of sp³-hybridized carbons (Fsp3) is 0.500. The third kappa shape index (κ3) is 4.86. The molecule has 1 rings (SSSR count). The zero-order valence-corrected chi connectivity index (χ0v) is 10.4. The first kappa shape index (κ1) is 15.4. The van der Waals surface area contributed by atoms with E-state index < -0.39 is 17.6 Å². The predicted molar refractivity (Wildman–Crippen MR) is 62.4 cm³/mol. The smallest absolute Gasteiger partial charge is 0.396 e. The molecule has 106 valence electrons. The van der Waals surface area contributed by atoms with Crippen molar-refractivity contribution in [2.45, 2.75) is 19.5 Å². The third-order valence-electron chi connectivity index (χ3n) is 2.56. The largest absolute Gasteiger partial charge is 0.417 e. The maximum Gasteiger partial charge on any atom is 0.417 e. The summed E-state index contributed by atoms with van der Waals surface area (Å²) in [6, 6.07) is 1.86. The third-order valence-corrected chi connectivity index (χ3v) is 2.56. The summed E-state index contributed by atoms with van der Waals surface area (Å²) >= 11 is 0. The molecule has 19 heavy (non-hydrogen) atoms. The molecule has 1 atom stereocenters. The molecule has 0 bridgehead atoms. The van der Waals surface area contributed by atoms with Crippen LogP contribution in [0.25, 0.3) is 0 Å². The minimum atomic E-state index is -4.46. The van der Waals surface area contributed by atoms with Crippen LogP contribution in [0.3, 0.4) is 0 Å². The molecular weight excluding hydrogens is 261 g/mol. The van der Waals surface area contributed by atoms with Crippen LogP contribution >= 0.6 is 0 Å². The zero-order chi connectivity index (χ0) is 14.5. The fourth-order valence-corrected chi connectivity index (χ4v) is 1.38. The van der Waals surface area contributed by atoms with E-state index in [1.165, 1.54) is 0 Å². The van der Waals surface area contributed by atoms with Gasteiger partial charge in [-0.2, -0.15) is 13.2 Å². The minimum Gasteiger partial charge on any atom is -0.396 e. The highest BCUT2D eigenvalue weighted by Gasteiger charge is 2.30. The average Bonchev–Trinajstić information content (AvgIpc) is 2.35. The quantitative estimate of drug-likeness (QED) is 0.862. The Kier molecular flexibility index (Phi) is 5.29. The first-order valence-corrected chi connectivity index (χ1v) is 5.77. The molecule has 1 heterocycles. The first-order chi connectivity index (χ1) is 8.84. The van der Waals surface area contributed by atoms with Gasteiger partial charge in [0.15, 0.2) is 0 Å². The Morgan fingerprint density at radius 3 is 2.63 bits per heavy atom. The van der Waals surface area contributed by atoms with E-state index in [-0.39, 0.29) is 18.2 Å². The number of carbonyl (C=O) groups is 1. The van der Waals surface area contributed by atoms with E-state index in [1.807, 2.05) is 6.92 Å². The summed E-state index contributed by atoms with van der Waals surface area (Å²) in [5.74, 6) is -0.443. The van der Waals surface area contributed by atoms with Gasteiger partial charge in [0.05, 0.1) is 5.56 Å². The van der Waals surface area contributed by atoms with Crippen LogP contribution in [-0.4, -0.2) is 29.1 Å². The second-order valence-corrected chi connectivity index (χ2v) is 4.26. The Morgan fingerprint density at radius 1 is 1.47 bits per heavy atom. The number of pyridine rings is 1. The molecule has 0 aromatic carbocycles. The Balaban J connectivity index is 2.59. The lowest BCUT2D eigenvalue weighted by Gasteiger charge is -2.11. The summed E-state index contributed by atoms with van der Waals surface area (Å²) in [7, 11) is 0. The van der Waals surface area contributed by atoms with Gasteiger partial charge in [0.1, 0.15) is 5.69 Å². The van der Waals surface area contributed by atoms with Crippen molar-refractivity contribution in [2.75, 3.05) is 13.2 Å². The van der Waals surface area contributed by atoms with Crippen LogP contribution in [0, 0.1) is 5.92 Å². The number of aliphatic hydroxyl groups is 1. The van der Waals surface area contributed by atoms with E-state index >= 15 is 0 Å². The number of aliphatic hydroxyl groups excluding tert-OH is 1. The standard InChI is InChI=1S/C12H15F3N2O2/c1-8(4-5-18)6-17-11(19)10-3-2-9(7-16-10)12(13,14)15/h2-3,7-8,18H,4-6H2,1H3,(H,17,19). The van der Waals surface area contributed by atoms with Crippen molar-refractivity contribution >= 4 is 5.91 Å². The molecule has 1 amide bonds. The van der Waals surface area contributed by atoms with E-state index in [2.05, 4.69) is 10.3 Å². The summed E-state index contributed by atoms with van der Waals surface area (Å²) in [4.78, 5) is 15.1. The van der Waals surface area contributed by atoms with Gasteiger partial charge in [-0.1, -0.05) is 6.92 Å². The Bertz CT molecular complexity index is 418. The van der Waals surface area contributed by atoms with Gasteiger partial charge in [-0.05, 0) is 24.5 Å². The van der Waals surface area contributed by atoms with Crippen molar-refractivity contribution in [2.24, 2.45) is 5.92 Å². The van der Waals surface area contributed by atoms with Crippen molar-refractivity contribution in [3.05, 3.63) is 29.6 Å². The van der Waals surface area contributed by atoms with Gasteiger partial charge in [0, 0.05) is 19.3 Å². The molecule has 1 unspecified atom stereocenters. The highest BCUT2D eigenvalue weighted by Crippen LogP contribution is 2.28. The predicted octanol–water partition coefficient (Wildman–Crippen LogP) is 1.85. The number of alkyl halides is 3. The van der Waals surface area contributed by atoms with Crippen molar-refractivity contribution in [1.82, 2.24) is 10.3 Å². The number of amides is 1. The highest BCUT2D eigenvalue weighted by molar-refractivity contribution is 5.92. The molecule has 0 aliphatic heterocycles. The second kappa shape index (κ2) is 6.51. The van der Waals surface area contributed by atoms with Crippen molar-refractivity contribution in [3.8, 4) is 0 Å². The number of rotatable bonds is 5. The van der Waals surface area contributed by atoms with Gasteiger partial charge in [0.2, 0.25) is 0 Å². The molecule has 0 spiro atoms. The summed E-state index contributed by atoms with van der Waals surface area (Å²) < 4.78 is 36.9. The lowest BCUT2D eigenvalue weighted by Crippen LogP contribution is -2.29. The van der Waals surface area contributed by atoms with Gasteiger partial charge in [-0.3, -0.25) is 9.78 Å². The van der Waals surface area contributed by atoms with E-state index in [9.17, 15) is 18.0 Å². The molecular formula is C12H15F3N2O2. The van der Waals surface area contributed by atoms with E-state index in [4.69, 9.17) is 5.11 Å². The zero-order valence-electron chi connectivity index (χ0n) is 10.4. The highest BCUT2D eigenvalue weighted by atomic mass is 19.4. The molecule has 0 aliphatic carbocycles. The van der Waals surface area contributed by atoms with E-state index in [0.29, 0.717) is 19.2 Å². The maximum absolute atomic E-state index is 12.3. The normalized spacial score (nSPS) is 13.1. The number of halogens is 3. The van der Waals surface area contributed by atoms with E-state index in [1.54, 1.807) is 0 Å². The molecule has 0 fully saturated rings. The molecule has 2 N–H and O–H groups in total.